The molecule has 0 radical (unpaired) electrons. The van der Waals surface area contributed by atoms with Gasteiger partial charge >= 0.3 is 5.69 Å². The fourth-order valence-corrected chi connectivity index (χ4v) is 2.57. The van der Waals surface area contributed by atoms with E-state index in [1.165, 1.54) is 6.20 Å². The highest BCUT2D eigenvalue weighted by molar-refractivity contribution is 6.33. The number of imidazole rings is 2. The van der Waals surface area contributed by atoms with E-state index in [1.807, 2.05) is 0 Å². The van der Waals surface area contributed by atoms with Crippen molar-refractivity contribution in [2.45, 2.75) is 0 Å². The summed E-state index contributed by atoms with van der Waals surface area (Å²) in [7, 11) is 0. The predicted octanol–water partition coefficient (Wildman–Crippen LogP) is 1.74. The minimum absolute atomic E-state index is 0.277. The van der Waals surface area contributed by atoms with E-state index in [-0.39, 0.29) is 16.8 Å². The number of fused-ring (bicyclic) bond motifs is 2. The van der Waals surface area contributed by atoms with Crippen molar-refractivity contribution in [2.75, 3.05) is 0 Å². The Labute approximate surface area is 121 Å². The molecule has 0 saturated carbocycles. The zero-order valence-corrected chi connectivity index (χ0v) is 11.2. The maximum atomic E-state index is 11.9. The molecule has 1 aromatic carbocycles. The summed E-state index contributed by atoms with van der Waals surface area (Å²) < 4.78 is 0. The van der Waals surface area contributed by atoms with E-state index in [4.69, 9.17) is 11.6 Å². The molecule has 0 aliphatic carbocycles. The molecule has 3 heterocycles. The molecule has 4 aromatic rings. The number of H-pyrrole nitrogens is 4. The van der Waals surface area contributed by atoms with Crippen molar-refractivity contribution in [1.82, 2.24) is 24.9 Å². The molecule has 21 heavy (non-hydrogen) atoms. The average Bonchev–Trinajstić information content (AvgIpc) is 2.96. The molecular formula is C13H8ClN5O2. The van der Waals surface area contributed by atoms with Crippen LogP contribution in [0.5, 0.6) is 0 Å². The van der Waals surface area contributed by atoms with Crippen LogP contribution in [0.3, 0.4) is 0 Å². The van der Waals surface area contributed by atoms with Crippen LogP contribution >= 0.6 is 11.6 Å². The second-order valence-corrected chi connectivity index (χ2v) is 5.02. The Morgan fingerprint density at radius 2 is 1.76 bits per heavy atom. The van der Waals surface area contributed by atoms with Crippen LogP contribution in [0.1, 0.15) is 0 Å². The molecule has 7 nitrogen and oxygen atoms in total. The number of aromatic nitrogens is 5. The first-order valence-electron chi connectivity index (χ1n) is 6.11. The molecule has 0 fully saturated rings. The van der Waals surface area contributed by atoms with Crippen molar-refractivity contribution in [3.8, 4) is 11.4 Å². The van der Waals surface area contributed by atoms with Gasteiger partial charge in [-0.25, -0.2) is 9.78 Å². The van der Waals surface area contributed by atoms with Crippen LogP contribution in [-0.2, 0) is 0 Å². The molecule has 0 saturated heterocycles. The zero-order valence-electron chi connectivity index (χ0n) is 10.5. The fraction of sp³-hybridized carbons (Fsp3) is 0. The van der Waals surface area contributed by atoms with Crippen LogP contribution in [-0.4, -0.2) is 24.9 Å². The summed E-state index contributed by atoms with van der Waals surface area (Å²) in [5.41, 5.74) is 2.34. The minimum atomic E-state index is -0.319. The van der Waals surface area contributed by atoms with Gasteiger partial charge in [-0.1, -0.05) is 11.6 Å². The number of benzene rings is 1. The number of rotatable bonds is 1. The van der Waals surface area contributed by atoms with Gasteiger partial charge in [-0.2, -0.15) is 0 Å². The number of aromatic amines is 4. The number of hydrogen-bond donors (Lipinski definition) is 4. The van der Waals surface area contributed by atoms with E-state index < -0.39 is 0 Å². The van der Waals surface area contributed by atoms with Crippen LogP contribution in [0, 0.1) is 0 Å². The largest absolute Gasteiger partial charge is 0.338 e. The first kappa shape index (κ1) is 12.0. The summed E-state index contributed by atoms with van der Waals surface area (Å²) in [6.07, 6.45) is 1.48. The molecule has 4 rings (SSSR count). The average molecular weight is 302 g/mol. The van der Waals surface area contributed by atoms with Crippen molar-refractivity contribution in [2.24, 2.45) is 0 Å². The van der Waals surface area contributed by atoms with Crippen molar-refractivity contribution >= 4 is 33.7 Å². The van der Waals surface area contributed by atoms with Crippen LogP contribution < -0.4 is 11.2 Å². The summed E-state index contributed by atoms with van der Waals surface area (Å²) >= 11 is 6.06. The van der Waals surface area contributed by atoms with Crippen LogP contribution in [0.15, 0.2) is 34.0 Å². The number of nitrogens with zero attached hydrogens (tertiary/aromatic N) is 1. The Balaban J connectivity index is 2.03. The van der Waals surface area contributed by atoms with E-state index in [0.717, 1.165) is 0 Å². The third-order valence-electron chi connectivity index (χ3n) is 3.26. The van der Waals surface area contributed by atoms with E-state index >= 15 is 0 Å². The number of halogens is 1. The van der Waals surface area contributed by atoms with Gasteiger partial charge in [-0.15, -0.1) is 0 Å². The third-order valence-corrected chi connectivity index (χ3v) is 3.58. The Hall–Kier alpha value is -2.80. The van der Waals surface area contributed by atoms with Crippen LogP contribution in [0.4, 0.5) is 0 Å². The maximum Gasteiger partial charge on any atom is 0.323 e. The summed E-state index contributed by atoms with van der Waals surface area (Å²) in [4.78, 5) is 38.5. The standard InChI is InChI=1S/C13H8ClN5O2/c14-5-1-2-15-12(20)10(5)11-16-6-3-8-9(4-7(6)17-11)19-13(21)18-8/h1-4H,(H,15,20)(H,16,17)(H2,18,19,21). The summed E-state index contributed by atoms with van der Waals surface area (Å²) in [6.45, 7) is 0. The number of pyridine rings is 1. The van der Waals surface area contributed by atoms with Gasteiger partial charge < -0.3 is 19.9 Å². The maximum absolute atomic E-state index is 11.9. The van der Waals surface area contributed by atoms with Gasteiger partial charge in [0, 0.05) is 6.20 Å². The second-order valence-electron chi connectivity index (χ2n) is 4.61. The Bertz CT molecular complexity index is 1050. The molecule has 104 valence electrons. The van der Waals surface area contributed by atoms with Gasteiger partial charge in [-0.05, 0) is 18.2 Å². The quantitative estimate of drug-likeness (QED) is 0.430. The SMILES string of the molecule is O=c1[nH]c2cc3nc(-c4c(Cl)cc[nH]c4=O)[nH]c3cc2[nH]1. The summed E-state index contributed by atoms with van der Waals surface area (Å²) in [5, 5.41) is 0.316. The highest BCUT2D eigenvalue weighted by Gasteiger charge is 2.13. The normalized spacial score (nSPS) is 11.5. The van der Waals surface area contributed by atoms with Gasteiger partial charge in [0.2, 0.25) is 0 Å². The monoisotopic (exact) mass is 301 g/mol. The van der Waals surface area contributed by atoms with E-state index in [2.05, 4.69) is 24.9 Å². The summed E-state index contributed by atoms with van der Waals surface area (Å²) in [5.74, 6) is 0.381. The van der Waals surface area contributed by atoms with Crippen molar-refractivity contribution < 1.29 is 0 Å². The molecule has 0 unspecified atom stereocenters. The zero-order chi connectivity index (χ0) is 14.6. The molecular weight excluding hydrogens is 294 g/mol. The minimum Gasteiger partial charge on any atom is -0.338 e. The third kappa shape index (κ3) is 1.78. The van der Waals surface area contributed by atoms with Gasteiger partial charge in [0.05, 0.1) is 27.1 Å². The molecule has 0 bridgehead atoms. The summed E-state index contributed by atoms with van der Waals surface area (Å²) in [6, 6.07) is 5.07. The molecule has 8 heteroatoms. The first-order valence-corrected chi connectivity index (χ1v) is 6.49. The fourth-order valence-electron chi connectivity index (χ4n) is 2.33. The molecule has 3 aromatic heterocycles. The Morgan fingerprint density at radius 3 is 2.52 bits per heavy atom. The highest BCUT2D eigenvalue weighted by atomic mass is 35.5. The molecule has 0 spiro atoms. The number of hydrogen-bond acceptors (Lipinski definition) is 3. The lowest BCUT2D eigenvalue weighted by Crippen LogP contribution is -2.08. The predicted molar refractivity (Wildman–Crippen MR) is 79.6 cm³/mol. The van der Waals surface area contributed by atoms with Gasteiger partial charge in [0.1, 0.15) is 11.4 Å². The van der Waals surface area contributed by atoms with E-state index in [0.29, 0.717) is 32.9 Å². The van der Waals surface area contributed by atoms with Crippen molar-refractivity contribution in [1.29, 1.82) is 0 Å². The lowest BCUT2D eigenvalue weighted by atomic mass is 10.2. The van der Waals surface area contributed by atoms with Gasteiger partial charge in [0.15, 0.2) is 0 Å². The Morgan fingerprint density at radius 1 is 1.00 bits per heavy atom. The lowest BCUT2D eigenvalue weighted by Gasteiger charge is -1.97. The van der Waals surface area contributed by atoms with Gasteiger partial charge in [-0.3, -0.25) is 4.79 Å². The molecule has 0 atom stereocenters. The van der Waals surface area contributed by atoms with Gasteiger partial charge in [0.25, 0.3) is 5.56 Å². The van der Waals surface area contributed by atoms with E-state index in [1.54, 1.807) is 18.2 Å². The number of nitrogens with one attached hydrogen (secondary N) is 4. The molecule has 0 aliphatic rings. The van der Waals surface area contributed by atoms with Crippen molar-refractivity contribution in [3.63, 3.8) is 0 Å². The topological polar surface area (TPSA) is 110 Å². The smallest absolute Gasteiger partial charge is 0.323 e. The van der Waals surface area contributed by atoms with Crippen molar-refractivity contribution in [3.05, 3.63) is 50.3 Å². The van der Waals surface area contributed by atoms with E-state index in [9.17, 15) is 9.59 Å². The Kier molecular flexibility index (Phi) is 2.34. The highest BCUT2D eigenvalue weighted by Crippen LogP contribution is 2.25. The lowest BCUT2D eigenvalue weighted by molar-refractivity contribution is 1.21. The van der Waals surface area contributed by atoms with Crippen LogP contribution in [0.25, 0.3) is 33.5 Å². The molecule has 0 amide bonds. The molecule has 4 N–H and O–H groups in total. The molecule has 0 aliphatic heterocycles. The van der Waals surface area contributed by atoms with Crippen LogP contribution in [0.2, 0.25) is 5.02 Å². The second kappa shape index (κ2) is 4.10. The first-order chi connectivity index (χ1) is 10.1.